The van der Waals surface area contributed by atoms with Crippen LogP contribution in [-0.4, -0.2) is 24.7 Å². The first kappa shape index (κ1) is 15.2. The lowest BCUT2D eigenvalue weighted by Crippen LogP contribution is -2.13. The van der Waals surface area contributed by atoms with Gasteiger partial charge in [-0.3, -0.25) is 4.79 Å². The third-order valence-corrected chi connectivity index (χ3v) is 6.68. The Bertz CT molecular complexity index is 800. The minimum absolute atomic E-state index is 0.172. The smallest absolute Gasteiger partial charge is 0.308 e. The van der Waals surface area contributed by atoms with Crippen LogP contribution in [0.15, 0.2) is 64.0 Å². The van der Waals surface area contributed by atoms with Gasteiger partial charge in [0, 0.05) is 10.4 Å². The fourth-order valence-corrected chi connectivity index (χ4v) is 5.22. The average molecular weight is 381 g/mol. The van der Waals surface area contributed by atoms with Gasteiger partial charge in [0.15, 0.2) is 9.84 Å². The molecule has 0 radical (unpaired) electrons. The van der Waals surface area contributed by atoms with Gasteiger partial charge in [0.05, 0.1) is 16.1 Å². The summed E-state index contributed by atoms with van der Waals surface area (Å²) in [7, 11) is -3.66. The molecule has 0 amide bonds. The molecule has 1 N–H and O–H groups in total. The molecular formula is C16H13BrO4S. The topological polar surface area (TPSA) is 71.4 Å². The predicted octanol–water partition coefficient (Wildman–Crippen LogP) is 3.09. The quantitative estimate of drug-likeness (QED) is 0.884. The molecule has 3 rings (SSSR count). The van der Waals surface area contributed by atoms with E-state index in [4.69, 9.17) is 0 Å². The molecule has 4 nitrogen and oxygen atoms in total. The molecule has 1 aliphatic carbocycles. The van der Waals surface area contributed by atoms with Gasteiger partial charge in [-0.2, -0.15) is 0 Å². The lowest BCUT2D eigenvalue weighted by Gasteiger charge is -2.04. The molecule has 114 valence electrons. The van der Waals surface area contributed by atoms with Gasteiger partial charge >= 0.3 is 5.97 Å². The third-order valence-electron chi connectivity index (χ3n) is 3.92. The Labute approximate surface area is 136 Å². The van der Waals surface area contributed by atoms with Crippen molar-refractivity contribution in [2.24, 2.45) is 5.92 Å². The van der Waals surface area contributed by atoms with Crippen LogP contribution in [0, 0.1) is 5.92 Å². The summed E-state index contributed by atoms with van der Waals surface area (Å²) in [6.45, 7) is 0. The predicted molar refractivity (Wildman–Crippen MR) is 85.4 cm³/mol. The zero-order chi connectivity index (χ0) is 15.9. The van der Waals surface area contributed by atoms with Crippen LogP contribution in [0.25, 0.3) is 0 Å². The van der Waals surface area contributed by atoms with E-state index in [0.29, 0.717) is 0 Å². The Balaban J connectivity index is 1.99. The molecule has 0 bridgehead atoms. The van der Waals surface area contributed by atoms with Gasteiger partial charge in [0.1, 0.15) is 0 Å². The van der Waals surface area contributed by atoms with Crippen molar-refractivity contribution in [1.29, 1.82) is 0 Å². The van der Waals surface area contributed by atoms with E-state index in [9.17, 15) is 18.3 Å². The maximum Gasteiger partial charge on any atom is 0.308 e. The molecule has 0 aliphatic heterocycles. The highest BCUT2D eigenvalue weighted by atomic mass is 79.9. The third kappa shape index (κ3) is 2.57. The van der Waals surface area contributed by atoms with E-state index in [1.165, 1.54) is 12.1 Å². The first-order valence-corrected chi connectivity index (χ1v) is 9.04. The summed E-state index contributed by atoms with van der Waals surface area (Å²) >= 11 is 3.32. The van der Waals surface area contributed by atoms with Gasteiger partial charge in [-0.25, -0.2) is 8.42 Å². The molecule has 0 heterocycles. The average Bonchev–Trinajstić information content (AvgIpc) is 3.25. The van der Waals surface area contributed by atoms with Crippen LogP contribution < -0.4 is 0 Å². The van der Waals surface area contributed by atoms with Crippen LogP contribution in [0.2, 0.25) is 0 Å². The number of hydrogen-bond donors (Lipinski definition) is 1. The Morgan fingerprint density at radius 3 is 2.14 bits per heavy atom. The van der Waals surface area contributed by atoms with Crippen LogP contribution in [-0.2, 0) is 14.6 Å². The Hall–Kier alpha value is -1.66. The zero-order valence-electron chi connectivity index (χ0n) is 11.4. The van der Waals surface area contributed by atoms with E-state index in [1.807, 2.05) is 0 Å². The molecule has 3 atom stereocenters. The van der Waals surface area contributed by atoms with Crippen LogP contribution in [0.1, 0.15) is 11.5 Å². The summed E-state index contributed by atoms with van der Waals surface area (Å²) in [5.74, 6) is -2.47. The molecule has 1 saturated carbocycles. The van der Waals surface area contributed by atoms with E-state index < -0.39 is 32.9 Å². The van der Waals surface area contributed by atoms with Gasteiger partial charge in [-0.15, -0.1) is 0 Å². The summed E-state index contributed by atoms with van der Waals surface area (Å²) in [6.07, 6.45) is 0. The molecular weight excluding hydrogens is 368 g/mol. The first-order chi connectivity index (χ1) is 10.4. The number of carbonyl (C=O) groups is 1. The molecule has 0 unspecified atom stereocenters. The maximum atomic E-state index is 12.7. The molecule has 2 aromatic rings. The molecule has 1 fully saturated rings. The minimum Gasteiger partial charge on any atom is -0.481 e. The second-order valence-electron chi connectivity index (χ2n) is 5.26. The summed E-state index contributed by atoms with van der Waals surface area (Å²) in [4.78, 5) is 11.6. The molecule has 2 aromatic carbocycles. The largest absolute Gasteiger partial charge is 0.481 e. The van der Waals surface area contributed by atoms with Gasteiger partial charge in [0.2, 0.25) is 0 Å². The fourth-order valence-electron chi connectivity index (χ4n) is 2.81. The number of rotatable bonds is 4. The Morgan fingerprint density at radius 2 is 1.59 bits per heavy atom. The number of hydrogen-bond acceptors (Lipinski definition) is 3. The first-order valence-electron chi connectivity index (χ1n) is 6.70. The van der Waals surface area contributed by atoms with Crippen molar-refractivity contribution in [2.45, 2.75) is 16.1 Å². The fraction of sp³-hybridized carbons (Fsp3) is 0.188. The van der Waals surface area contributed by atoms with Crippen molar-refractivity contribution in [1.82, 2.24) is 0 Å². The summed E-state index contributed by atoms with van der Waals surface area (Å²) in [5, 5.41) is 8.44. The van der Waals surface area contributed by atoms with Gasteiger partial charge in [-0.05, 0) is 29.8 Å². The molecule has 1 aliphatic rings. The second-order valence-corrected chi connectivity index (χ2v) is 8.29. The van der Waals surface area contributed by atoms with Crippen LogP contribution in [0.4, 0.5) is 0 Å². The Morgan fingerprint density at radius 1 is 1.00 bits per heavy atom. The normalized spacial score (nSPS) is 24.0. The van der Waals surface area contributed by atoms with Crippen LogP contribution >= 0.6 is 15.9 Å². The number of carboxylic acids is 1. The van der Waals surface area contributed by atoms with Crippen molar-refractivity contribution in [3.63, 3.8) is 0 Å². The van der Waals surface area contributed by atoms with E-state index in [0.717, 1.165) is 10.0 Å². The molecule has 0 aromatic heterocycles. The standard InChI is InChI=1S/C16H13BrO4S/c17-11-8-6-10(7-9-11)13-14(16(18)19)15(13)22(20,21)12-4-2-1-3-5-12/h1-9,13-15H,(H,18,19)/t13-,14-,15+/m1/s1. The van der Waals surface area contributed by atoms with Crippen molar-refractivity contribution in [3.8, 4) is 0 Å². The number of aliphatic carboxylic acids is 1. The number of halogens is 1. The zero-order valence-corrected chi connectivity index (χ0v) is 13.8. The second kappa shape index (κ2) is 5.52. The molecule has 0 saturated heterocycles. The Kier molecular flexibility index (Phi) is 3.82. The molecule has 22 heavy (non-hydrogen) atoms. The van der Waals surface area contributed by atoms with E-state index in [1.54, 1.807) is 42.5 Å². The van der Waals surface area contributed by atoms with Gasteiger partial charge in [0.25, 0.3) is 0 Å². The highest BCUT2D eigenvalue weighted by Gasteiger charge is 2.63. The highest BCUT2D eigenvalue weighted by Crippen LogP contribution is 2.54. The highest BCUT2D eigenvalue weighted by molar-refractivity contribution is 9.10. The lowest BCUT2D eigenvalue weighted by molar-refractivity contribution is -0.138. The van der Waals surface area contributed by atoms with Gasteiger partial charge in [-0.1, -0.05) is 46.3 Å². The van der Waals surface area contributed by atoms with E-state index >= 15 is 0 Å². The number of benzene rings is 2. The SMILES string of the molecule is O=C(O)[C@@H]1[C@@H](c2ccc(Br)cc2)[C@@H]1S(=O)(=O)c1ccccc1. The van der Waals surface area contributed by atoms with Crippen LogP contribution in [0.3, 0.4) is 0 Å². The minimum atomic E-state index is -3.66. The lowest BCUT2D eigenvalue weighted by atomic mass is 10.1. The summed E-state index contributed by atoms with van der Waals surface area (Å²) in [6, 6.07) is 15.1. The number of carboxylic acid groups (broad SMARTS) is 1. The summed E-state index contributed by atoms with van der Waals surface area (Å²) in [5.41, 5.74) is 0.736. The van der Waals surface area contributed by atoms with Crippen molar-refractivity contribution < 1.29 is 18.3 Å². The maximum absolute atomic E-state index is 12.7. The van der Waals surface area contributed by atoms with Crippen molar-refractivity contribution in [3.05, 3.63) is 64.6 Å². The van der Waals surface area contributed by atoms with E-state index in [-0.39, 0.29) is 4.90 Å². The monoisotopic (exact) mass is 380 g/mol. The van der Waals surface area contributed by atoms with Crippen molar-refractivity contribution in [2.75, 3.05) is 0 Å². The molecule has 0 spiro atoms. The van der Waals surface area contributed by atoms with Gasteiger partial charge < -0.3 is 5.11 Å². The van der Waals surface area contributed by atoms with E-state index in [2.05, 4.69) is 15.9 Å². The summed E-state index contributed by atoms with van der Waals surface area (Å²) < 4.78 is 26.2. The van der Waals surface area contributed by atoms with Crippen LogP contribution in [0.5, 0.6) is 0 Å². The molecule has 6 heteroatoms. The van der Waals surface area contributed by atoms with Crippen molar-refractivity contribution >= 4 is 31.7 Å². The number of sulfone groups is 1.